The zero-order valence-corrected chi connectivity index (χ0v) is 10.6. The highest BCUT2D eigenvalue weighted by Crippen LogP contribution is 2.15. The lowest BCUT2D eigenvalue weighted by Crippen LogP contribution is -2.17. The molecule has 1 unspecified atom stereocenters. The number of carbonyl (C=O) groups is 1. The Hall–Kier alpha value is -0.680. The third kappa shape index (κ3) is 3.76. The van der Waals surface area contributed by atoms with Crippen LogP contribution in [0.4, 0.5) is 0 Å². The molecule has 1 rings (SSSR count). The van der Waals surface area contributed by atoms with Gasteiger partial charge in [0.15, 0.2) is 15.6 Å². The van der Waals surface area contributed by atoms with Gasteiger partial charge in [-0.1, -0.05) is 46.3 Å². The molecule has 3 nitrogen and oxygen atoms in total. The van der Waals surface area contributed by atoms with Crippen LogP contribution in [0.15, 0.2) is 30.3 Å². The topological polar surface area (TPSA) is 51.2 Å². The summed E-state index contributed by atoms with van der Waals surface area (Å²) in [6.45, 7) is 0. The number of carbonyl (C=O) groups excluding carboxylic acids is 1. The summed E-state index contributed by atoms with van der Waals surface area (Å²) in [5.41, 5.74) is 0.533. The number of hydrogen-bond donors (Lipinski definition) is 0. The molecule has 1 aromatic carbocycles. The molecule has 1 atom stereocenters. The van der Waals surface area contributed by atoms with Gasteiger partial charge in [0, 0.05) is 18.2 Å². The molecule has 5 heteroatoms. The number of alkyl halides is 1. The van der Waals surface area contributed by atoms with Crippen molar-refractivity contribution < 1.29 is 13.2 Å². The van der Waals surface area contributed by atoms with Gasteiger partial charge in [-0.05, 0) is 0 Å². The Morgan fingerprint density at radius 1 is 1.33 bits per heavy atom. The second-order valence-corrected chi connectivity index (χ2v) is 7.17. The quantitative estimate of drug-likeness (QED) is 0.630. The van der Waals surface area contributed by atoms with Gasteiger partial charge in [-0.2, -0.15) is 0 Å². The molecule has 0 bridgehead atoms. The van der Waals surface area contributed by atoms with Gasteiger partial charge in [0.25, 0.3) is 0 Å². The van der Waals surface area contributed by atoms with Crippen LogP contribution < -0.4 is 0 Å². The summed E-state index contributed by atoms with van der Waals surface area (Å²) in [4.78, 5) is 11.6. The molecule has 0 heterocycles. The van der Waals surface area contributed by atoms with E-state index in [1.807, 2.05) is 0 Å². The summed E-state index contributed by atoms with van der Waals surface area (Å²) >= 11 is 2.99. The van der Waals surface area contributed by atoms with E-state index in [0.29, 0.717) is 5.56 Å². The smallest absolute Gasteiger partial charge is 0.165 e. The third-order valence-electron chi connectivity index (χ3n) is 1.91. The molecule has 0 aromatic heterocycles. The molecule has 0 N–H and O–H groups in total. The largest absolute Gasteiger partial charge is 0.294 e. The van der Waals surface area contributed by atoms with Gasteiger partial charge in [0.2, 0.25) is 0 Å². The minimum Gasteiger partial charge on any atom is -0.294 e. The van der Waals surface area contributed by atoms with Crippen LogP contribution in [-0.2, 0) is 9.84 Å². The first kappa shape index (κ1) is 12.4. The third-order valence-corrected chi connectivity index (χ3v) is 5.36. The van der Waals surface area contributed by atoms with Crippen molar-refractivity contribution in [1.82, 2.24) is 0 Å². The maximum Gasteiger partial charge on any atom is 0.165 e. The van der Waals surface area contributed by atoms with Crippen molar-refractivity contribution in [1.29, 1.82) is 0 Å². The number of Topliss-reactive ketones (excluding diaryl/α,β-unsaturated/α-hetero) is 1. The molecule has 15 heavy (non-hydrogen) atoms. The minimum absolute atomic E-state index is 0.0388. The first-order valence-corrected chi connectivity index (χ1v) is 7.19. The van der Waals surface area contributed by atoms with Gasteiger partial charge in [0.05, 0.1) is 0 Å². The summed E-state index contributed by atoms with van der Waals surface area (Å²) in [5.74, 6) is -0.178. The second kappa shape index (κ2) is 4.90. The summed E-state index contributed by atoms with van der Waals surface area (Å²) in [7, 11) is -3.21. The normalized spacial score (nSPS) is 13.5. The van der Waals surface area contributed by atoms with Crippen molar-refractivity contribution in [2.45, 2.75) is 10.6 Å². The van der Waals surface area contributed by atoms with Gasteiger partial charge in [0.1, 0.15) is 4.16 Å². The molecular formula is C10H11BrO3S. The second-order valence-electron chi connectivity index (χ2n) is 3.23. The zero-order chi connectivity index (χ0) is 11.5. The fraction of sp³-hybridized carbons (Fsp3) is 0.300. The highest BCUT2D eigenvalue weighted by molar-refractivity contribution is 9.11. The van der Waals surface area contributed by atoms with Crippen LogP contribution in [-0.4, -0.2) is 24.6 Å². The molecular weight excluding hydrogens is 280 g/mol. The maximum absolute atomic E-state index is 11.6. The van der Waals surface area contributed by atoms with E-state index in [1.165, 1.54) is 0 Å². The molecule has 0 amide bonds. The van der Waals surface area contributed by atoms with Crippen molar-refractivity contribution >= 4 is 31.6 Å². The molecule has 0 saturated heterocycles. The van der Waals surface area contributed by atoms with Crippen molar-refractivity contribution in [3.63, 3.8) is 0 Å². The molecule has 82 valence electrons. The van der Waals surface area contributed by atoms with Crippen LogP contribution in [0, 0.1) is 0 Å². The Kier molecular flexibility index (Phi) is 4.04. The molecule has 1 aromatic rings. The van der Waals surface area contributed by atoms with Crippen molar-refractivity contribution in [2.24, 2.45) is 0 Å². The monoisotopic (exact) mass is 290 g/mol. The molecule has 0 spiro atoms. The molecule has 0 saturated carbocycles. The fourth-order valence-electron chi connectivity index (χ4n) is 1.04. The SMILES string of the molecule is CS(=O)(=O)C(Br)CC(=O)c1ccccc1. The van der Waals surface area contributed by atoms with E-state index in [1.54, 1.807) is 30.3 Å². The Morgan fingerprint density at radius 2 is 1.87 bits per heavy atom. The Bertz CT molecular complexity index is 439. The number of halogens is 1. The molecule has 0 fully saturated rings. The molecule has 0 aliphatic rings. The van der Waals surface area contributed by atoms with Crippen LogP contribution in [0.5, 0.6) is 0 Å². The van der Waals surface area contributed by atoms with E-state index in [9.17, 15) is 13.2 Å². The Balaban J connectivity index is 2.74. The zero-order valence-electron chi connectivity index (χ0n) is 8.18. The highest BCUT2D eigenvalue weighted by Gasteiger charge is 2.21. The predicted octanol–water partition coefficient (Wildman–Crippen LogP) is 2.02. The first-order chi connectivity index (χ1) is 6.91. The van der Waals surface area contributed by atoms with E-state index < -0.39 is 14.0 Å². The van der Waals surface area contributed by atoms with Crippen LogP contribution >= 0.6 is 15.9 Å². The van der Waals surface area contributed by atoms with E-state index in [0.717, 1.165) is 6.26 Å². The fourth-order valence-corrected chi connectivity index (χ4v) is 1.79. The van der Waals surface area contributed by atoms with Gasteiger partial charge in [-0.15, -0.1) is 0 Å². The average Bonchev–Trinajstić information content (AvgIpc) is 2.17. The summed E-state index contributed by atoms with van der Waals surface area (Å²) in [6.07, 6.45) is 1.06. The van der Waals surface area contributed by atoms with Gasteiger partial charge in [-0.3, -0.25) is 4.79 Å². The van der Waals surface area contributed by atoms with E-state index in [-0.39, 0.29) is 12.2 Å². The lowest BCUT2D eigenvalue weighted by Gasteiger charge is -2.06. The van der Waals surface area contributed by atoms with Crippen molar-refractivity contribution in [3.05, 3.63) is 35.9 Å². The average molecular weight is 291 g/mol. The van der Waals surface area contributed by atoms with Crippen LogP contribution in [0.25, 0.3) is 0 Å². The number of ketones is 1. The number of sulfone groups is 1. The van der Waals surface area contributed by atoms with Gasteiger partial charge < -0.3 is 0 Å². The highest BCUT2D eigenvalue weighted by atomic mass is 79.9. The predicted molar refractivity (Wildman–Crippen MR) is 62.9 cm³/mol. The summed E-state index contributed by atoms with van der Waals surface area (Å²) < 4.78 is 21.4. The van der Waals surface area contributed by atoms with E-state index >= 15 is 0 Å². The molecule has 0 radical (unpaired) electrons. The van der Waals surface area contributed by atoms with Crippen LogP contribution in [0.1, 0.15) is 16.8 Å². The number of hydrogen-bond acceptors (Lipinski definition) is 3. The van der Waals surface area contributed by atoms with E-state index in [2.05, 4.69) is 15.9 Å². The van der Waals surface area contributed by atoms with Crippen LogP contribution in [0.3, 0.4) is 0 Å². The lowest BCUT2D eigenvalue weighted by molar-refractivity contribution is 0.0987. The lowest BCUT2D eigenvalue weighted by atomic mass is 10.1. The van der Waals surface area contributed by atoms with Crippen LogP contribution in [0.2, 0.25) is 0 Å². The van der Waals surface area contributed by atoms with Crippen molar-refractivity contribution in [2.75, 3.05) is 6.26 Å². The van der Waals surface area contributed by atoms with Crippen molar-refractivity contribution in [3.8, 4) is 0 Å². The molecule has 0 aliphatic carbocycles. The van der Waals surface area contributed by atoms with E-state index in [4.69, 9.17) is 0 Å². The number of benzene rings is 1. The Morgan fingerprint density at radius 3 is 2.33 bits per heavy atom. The van der Waals surface area contributed by atoms with Gasteiger partial charge in [-0.25, -0.2) is 8.42 Å². The Labute approximate surface area is 97.5 Å². The summed E-state index contributed by atoms with van der Waals surface area (Å²) in [6, 6.07) is 8.64. The molecule has 0 aliphatic heterocycles. The number of rotatable bonds is 4. The minimum atomic E-state index is -3.21. The maximum atomic E-state index is 11.6. The summed E-state index contributed by atoms with van der Waals surface area (Å²) in [5, 5.41) is 0. The van der Waals surface area contributed by atoms with Gasteiger partial charge >= 0.3 is 0 Å². The standard InChI is InChI=1S/C10H11BrO3S/c1-15(13,14)10(11)7-9(12)8-5-3-2-4-6-8/h2-6,10H,7H2,1H3. The first-order valence-electron chi connectivity index (χ1n) is 4.32.